The second-order valence-electron chi connectivity index (χ2n) is 4.49. The Balaban J connectivity index is 2.29. The van der Waals surface area contributed by atoms with Crippen LogP contribution in [-0.2, 0) is 0 Å². The molecule has 18 heavy (non-hydrogen) atoms. The fourth-order valence-electron chi connectivity index (χ4n) is 1.89. The highest BCUT2D eigenvalue weighted by Crippen LogP contribution is 2.27. The summed E-state index contributed by atoms with van der Waals surface area (Å²) in [6.45, 7) is 0. The highest BCUT2D eigenvalue weighted by molar-refractivity contribution is 6.31. The molecule has 2 nitrogen and oxygen atoms in total. The molecule has 2 aromatic carbocycles. The molecule has 0 saturated heterocycles. The molecule has 0 bridgehead atoms. The molecule has 0 saturated carbocycles. The Kier molecular flexibility index (Phi) is 3.90. The van der Waals surface area contributed by atoms with Crippen LogP contribution in [0.4, 0.5) is 5.69 Å². The first-order valence-corrected chi connectivity index (χ1v) is 6.24. The Hall–Kier alpha value is -1.51. The SMILES string of the molecule is CN(C)c1ccc(C(N)c2ccccc2Cl)cc1. The van der Waals surface area contributed by atoms with Crippen LogP contribution in [0.15, 0.2) is 48.5 Å². The molecule has 0 fully saturated rings. The van der Waals surface area contributed by atoms with E-state index >= 15 is 0 Å². The summed E-state index contributed by atoms with van der Waals surface area (Å²) in [4.78, 5) is 2.06. The van der Waals surface area contributed by atoms with Crippen molar-refractivity contribution in [2.45, 2.75) is 6.04 Å². The minimum absolute atomic E-state index is 0.185. The maximum atomic E-state index is 6.25. The predicted molar refractivity (Wildman–Crippen MR) is 78.3 cm³/mol. The van der Waals surface area contributed by atoms with Gasteiger partial charge in [-0.1, -0.05) is 41.9 Å². The van der Waals surface area contributed by atoms with Gasteiger partial charge in [-0.15, -0.1) is 0 Å². The summed E-state index contributed by atoms with van der Waals surface area (Å²) >= 11 is 6.16. The quantitative estimate of drug-likeness (QED) is 0.916. The lowest BCUT2D eigenvalue weighted by molar-refractivity contribution is 0.871. The second-order valence-corrected chi connectivity index (χ2v) is 4.89. The lowest BCUT2D eigenvalue weighted by atomic mass is 9.99. The first kappa shape index (κ1) is 12.9. The number of nitrogens with two attached hydrogens (primary N) is 1. The van der Waals surface area contributed by atoms with Gasteiger partial charge in [-0.25, -0.2) is 0 Å². The lowest BCUT2D eigenvalue weighted by Crippen LogP contribution is -2.13. The minimum Gasteiger partial charge on any atom is -0.378 e. The van der Waals surface area contributed by atoms with Gasteiger partial charge >= 0.3 is 0 Å². The molecule has 94 valence electrons. The molecule has 2 aromatic rings. The van der Waals surface area contributed by atoms with Crippen molar-refractivity contribution in [1.29, 1.82) is 0 Å². The maximum Gasteiger partial charge on any atom is 0.0566 e. The summed E-state index contributed by atoms with van der Waals surface area (Å²) in [6.07, 6.45) is 0. The van der Waals surface area contributed by atoms with Crippen molar-refractivity contribution in [1.82, 2.24) is 0 Å². The average molecular weight is 261 g/mol. The molecule has 0 heterocycles. The molecule has 0 aliphatic heterocycles. The Morgan fingerprint density at radius 1 is 1.00 bits per heavy atom. The first-order chi connectivity index (χ1) is 8.59. The molecular weight excluding hydrogens is 244 g/mol. The van der Waals surface area contributed by atoms with E-state index in [9.17, 15) is 0 Å². The fourth-order valence-corrected chi connectivity index (χ4v) is 2.14. The van der Waals surface area contributed by atoms with Crippen molar-refractivity contribution in [3.63, 3.8) is 0 Å². The predicted octanol–water partition coefficient (Wildman–Crippen LogP) is 3.45. The van der Waals surface area contributed by atoms with Gasteiger partial charge in [0.2, 0.25) is 0 Å². The van der Waals surface area contributed by atoms with Crippen LogP contribution in [0.3, 0.4) is 0 Å². The molecule has 1 atom stereocenters. The van der Waals surface area contributed by atoms with E-state index in [1.807, 2.05) is 50.5 Å². The molecule has 0 aliphatic rings. The third-order valence-corrected chi connectivity index (χ3v) is 3.35. The van der Waals surface area contributed by atoms with E-state index in [-0.39, 0.29) is 6.04 Å². The van der Waals surface area contributed by atoms with Crippen LogP contribution in [0.1, 0.15) is 17.2 Å². The molecule has 0 aliphatic carbocycles. The third-order valence-electron chi connectivity index (χ3n) is 3.01. The second kappa shape index (κ2) is 5.42. The molecule has 0 amide bonds. The van der Waals surface area contributed by atoms with E-state index in [0.717, 1.165) is 16.8 Å². The van der Waals surface area contributed by atoms with Crippen LogP contribution in [0.2, 0.25) is 5.02 Å². The van der Waals surface area contributed by atoms with Gasteiger partial charge in [-0.2, -0.15) is 0 Å². The Morgan fingerprint density at radius 3 is 2.17 bits per heavy atom. The van der Waals surface area contributed by atoms with Crippen molar-refractivity contribution in [2.24, 2.45) is 5.73 Å². The van der Waals surface area contributed by atoms with Crippen molar-refractivity contribution in [2.75, 3.05) is 19.0 Å². The lowest BCUT2D eigenvalue weighted by Gasteiger charge is -2.17. The Labute approximate surface area is 113 Å². The molecule has 0 radical (unpaired) electrons. The van der Waals surface area contributed by atoms with Gasteiger partial charge in [0.25, 0.3) is 0 Å². The van der Waals surface area contributed by atoms with Crippen LogP contribution in [0.5, 0.6) is 0 Å². The summed E-state index contributed by atoms with van der Waals surface area (Å²) in [6, 6.07) is 15.7. The number of rotatable bonds is 3. The van der Waals surface area contributed by atoms with Crippen LogP contribution < -0.4 is 10.6 Å². The van der Waals surface area contributed by atoms with Gasteiger partial charge in [0, 0.05) is 24.8 Å². The van der Waals surface area contributed by atoms with E-state index in [1.165, 1.54) is 0 Å². The smallest absolute Gasteiger partial charge is 0.0566 e. The zero-order valence-electron chi connectivity index (χ0n) is 10.6. The number of halogens is 1. The van der Waals surface area contributed by atoms with Crippen molar-refractivity contribution < 1.29 is 0 Å². The van der Waals surface area contributed by atoms with Gasteiger partial charge in [0.1, 0.15) is 0 Å². The van der Waals surface area contributed by atoms with E-state index < -0.39 is 0 Å². The topological polar surface area (TPSA) is 29.3 Å². The first-order valence-electron chi connectivity index (χ1n) is 5.87. The van der Waals surface area contributed by atoms with Gasteiger partial charge in [0.05, 0.1) is 6.04 Å². The number of hydrogen-bond donors (Lipinski definition) is 1. The van der Waals surface area contributed by atoms with E-state index in [0.29, 0.717) is 5.02 Å². The van der Waals surface area contributed by atoms with Gasteiger partial charge in [0.15, 0.2) is 0 Å². The van der Waals surface area contributed by atoms with E-state index in [2.05, 4.69) is 17.0 Å². The average Bonchev–Trinajstić information content (AvgIpc) is 2.38. The monoisotopic (exact) mass is 260 g/mol. The number of benzene rings is 2. The number of nitrogens with zero attached hydrogens (tertiary/aromatic N) is 1. The normalized spacial score (nSPS) is 12.2. The summed E-state index contributed by atoms with van der Waals surface area (Å²) in [5.41, 5.74) is 9.42. The largest absolute Gasteiger partial charge is 0.378 e. The summed E-state index contributed by atoms with van der Waals surface area (Å²) in [5.74, 6) is 0. The van der Waals surface area contributed by atoms with Gasteiger partial charge in [-0.3, -0.25) is 0 Å². The van der Waals surface area contributed by atoms with Crippen molar-refractivity contribution in [3.8, 4) is 0 Å². The van der Waals surface area contributed by atoms with E-state index in [4.69, 9.17) is 17.3 Å². The fraction of sp³-hybridized carbons (Fsp3) is 0.200. The molecular formula is C15H17ClN2. The number of hydrogen-bond acceptors (Lipinski definition) is 2. The van der Waals surface area contributed by atoms with Crippen LogP contribution in [0.25, 0.3) is 0 Å². The summed E-state index contributed by atoms with van der Waals surface area (Å²) in [7, 11) is 4.03. The highest BCUT2D eigenvalue weighted by atomic mass is 35.5. The summed E-state index contributed by atoms with van der Waals surface area (Å²) < 4.78 is 0. The van der Waals surface area contributed by atoms with E-state index in [1.54, 1.807) is 0 Å². The standard InChI is InChI=1S/C15H17ClN2/c1-18(2)12-9-7-11(8-10-12)15(17)13-5-3-4-6-14(13)16/h3-10,15H,17H2,1-2H3. The number of anilines is 1. The van der Waals surface area contributed by atoms with Crippen LogP contribution in [-0.4, -0.2) is 14.1 Å². The molecule has 0 aromatic heterocycles. The molecule has 1 unspecified atom stereocenters. The Bertz CT molecular complexity index is 520. The highest BCUT2D eigenvalue weighted by Gasteiger charge is 2.11. The minimum atomic E-state index is -0.185. The van der Waals surface area contributed by atoms with Gasteiger partial charge in [-0.05, 0) is 29.3 Å². The molecule has 2 rings (SSSR count). The molecule has 2 N–H and O–H groups in total. The van der Waals surface area contributed by atoms with Crippen LogP contribution in [0, 0.1) is 0 Å². The summed E-state index contributed by atoms with van der Waals surface area (Å²) in [5, 5.41) is 0.710. The zero-order chi connectivity index (χ0) is 13.1. The van der Waals surface area contributed by atoms with Gasteiger partial charge < -0.3 is 10.6 Å². The maximum absolute atomic E-state index is 6.25. The van der Waals surface area contributed by atoms with Crippen molar-refractivity contribution >= 4 is 17.3 Å². The molecule has 3 heteroatoms. The Morgan fingerprint density at radius 2 is 1.61 bits per heavy atom. The van der Waals surface area contributed by atoms with Crippen LogP contribution >= 0.6 is 11.6 Å². The third kappa shape index (κ3) is 2.66. The zero-order valence-corrected chi connectivity index (χ0v) is 11.4. The molecule has 0 spiro atoms. The van der Waals surface area contributed by atoms with Crippen molar-refractivity contribution in [3.05, 3.63) is 64.7 Å².